The van der Waals surface area contributed by atoms with E-state index in [0.717, 1.165) is 35.9 Å². The van der Waals surface area contributed by atoms with Crippen molar-refractivity contribution in [2.75, 3.05) is 0 Å². The van der Waals surface area contributed by atoms with Crippen molar-refractivity contribution >= 4 is 15.9 Å². The second-order valence-electron chi connectivity index (χ2n) is 3.94. The number of aliphatic hydroxyl groups is 1. The van der Waals surface area contributed by atoms with E-state index in [-0.39, 0.29) is 12.2 Å². The van der Waals surface area contributed by atoms with Crippen LogP contribution in [0.2, 0.25) is 0 Å². The normalized spacial score (nSPS) is 26.3. The van der Waals surface area contributed by atoms with Gasteiger partial charge in [0, 0.05) is 0 Å². The summed E-state index contributed by atoms with van der Waals surface area (Å²) in [7, 11) is 0. The Bertz CT molecular complexity index is 327. The maximum absolute atomic E-state index is 9.78. The van der Waals surface area contributed by atoms with Crippen LogP contribution in [0.15, 0.2) is 28.7 Å². The largest absolute Gasteiger partial charge is 0.487 e. The molecule has 15 heavy (non-hydrogen) atoms. The van der Waals surface area contributed by atoms with Crippen LogP contribution in [0.1, 0.15) is 25.7 Å². The van der Waals surface area contributed by atoms with Gasteiger partial charge in [-0.05, 0) is 47.3 Å². The fraction of sp³-hybridized carbons (Fsp3) is 0.500. The van der Waals surface area contributed by atoms with E-state index in [2.05, 4.69) is 15.9 Å². The van der Waals surface area contributed by atoms with Gasteiger partial charge < -0.3 is 9.84 Å². The van der Waals surface area contributed by atoms with Gasteiger partial charge in [-0.2, -0.15) is 0 Å². The third-order valence-corrected chi connectivity index (χ3v) is 3.44. The predicted octanol–water partition coefficient (Wildman–Crippen LogP) is 3.13. The fourth-order valence-corrected chi connectivity index (χ4v) is 2.30. The van der Waals surface area contributed by atoms with E-state index in [9.17, 15) is 5.11 Å². The Kier molecular flexibility index (Phi) is 3.65. The molecule has 1 N–H and O–H groups in total. The Morgan fingerprint density at radius 3 is 2.67 bits per heavy atom. The predicted molar refractivity (Wildman–Crippen MR) is 63.0 cm³/mol. The van der Waals surface area contributed by atoms with Crippen molar-refractivity contribution in [1.82, 2.24) is 0 Å². The zero-order valence-electron chi connectivity index (χ0n) is 8.53. The molecule has 0 heterocycles. The van der Waals surface area contributed by atoms with Gasteiger partial charge in [-0.3, -0.25) is 0 Å². The highest BCUT2D eigenvalue weighted by Crippen LogP contribution is 2.29. The summed E-state index contributed by atoms with van der Waals surface area (Å²) in [6, 6.07) is 7.76. The van der Waals surface area contributed by atoms with E-state index < -0.39 is 0 Å². The molecular formula is C12H15BrO2. The number of ether oxygens (including phenoxy) is 1. The third kappa shape index (κ3) is 2.73. The lowest BCUT2D eigenvalue weighted by Gasteiger charge is -2.28. The van der Waals surface area contributed by atoms with E-state index in [1.165, 1.54) is 0 Å². The number of para-hydroxylation sites is 1. The molecule has 1 saturated carbocycles. The zero-order valence-corrected chi connectivity index (χ0v) is 10.1. The van der Waals surface area contributed by atoms with Crippen LogP contribution in [0.25, 0.3) is 0 Å². The summed E-state index contributed by atoms with van der Waals surface area (Å²) in [5, 5.41) is 9.78. The molecule has 0 saturated heterocycles. The van der Waals surface area contributed by atoms with Crippen molar-refractivity contribution in [1.29, 1.82) is 0 Å². The molecule has 1 aromatic carbocycles. The van der Waals surface area contributed by atoms with Crippen LogP contribution < -0.4 is 4.74 Å². The van der Waals surface area contributed by atoms with Crippen LogP contribution in [0, 0.1) is 0 Å². The number of halogens is 1. The van der Waals surface area contributed by atoms with Gasteiger partial charge in [-0.15, -0.1) is 0 Å². The number of benzene rings is 1. The van der Waals surface area contributed by atoms with E-state index in [1.54, 1.807) is 0 Å². The quantitative estimate of drug-likeness (QED) is 0.895. The van der Waals surface area contributed by atoms with Gasteiger partial charge in [0.1, 0.15) is 11.9 Å². The Labute approximate surface area is 98.4 Å². The SMILES string of the molecule is O[C@H]1CCCC[C@@H]1Oc1ccccc1Br. The highest BCUT2D eigenvalue weighted by molar-refractivity contribution is 9.10. The summed E-state index contributed by atoms with van der Waals surface area (Å²) in [4.78, 5) is 0. The van der Waals surface area contributed by atoms with E-state index >= 15 is 0 Å². The molecule has 0 unspecified atom stereocenters. The first-order valence-corrected chi connectivity index (χ1v) is 6.16. The molecule has 2 atom stereocenters. The lowest BCUT2D eigenvalue weighted by Crippen LogP contribution is -2.34. The first-order valence-electron chi connectivity index (χ1n) is 5.36. The van der Waals surface area contributed by atoms with Crippen molar-refractivity contribution in [3.05, 3.63) is 28.7 Å². The standard InChI is InChI=1S/C12H15BrO2/c13-9-5-1-3-7-11(9)15-12-8-4-2-6-10(12)14/h1,3,5,7,10,12,14H,2,4,6,8H2/t10-,12-/m0/s1. The number of aliphatic hydroxyl groups excluding tert-OH is 1. The van der Waals surface area contributed by atoms with Crippen LogP contribution >= 0.6 is 15.9 Å². The number of hydrogen-bond acceptors (Lipinski definition) is 2. The average Bonchev–Trinajstić information content (AvgIpc) is 2.24. The highest BCUT2D eigenvalue weighted by Gasteiger charge is 2.24. The molecule has 2 rings (SSSR count). The molecule has 0 aliphatic heterocycles. The van der Waals surface area contributed by atoms with Crippen LogP contribution in [0.3, 0.4) is 0 Å². The van der Waals surface area contributed by atoms with Crippen LogP contribution in [0.4, 0.5) is 0 Å². The third-order valence-electron chi connectivity index (χ3n) is 2.78. The second-order valence-corrected chi connectivity index (χ2v) is 4.79. The van der Waals surface area contributed by atoms with Crippen molar-refractivity contribution in [2.45, 2.75) is 37.9 Å². The Hall–Kier alpha value is -0.540. The molecule has 0 bridgehead atoms. The maximum atomic E-state index is 9.78. The lowest BCUT2D eigenvalue weighted by atomic mass is 9.95. The molecule has 2 nitrogen and oxygen atoms in total. The minimum atomic E-state index is -0.314. The van der Waals surface area contributed by atoms with Gasteiger partial charge in [-0.25, -0.2) is 0 Å². The average molecular weight is 271 g/mol. The second kappa shape index (κ2) is 4.99. The maximum Gasteiger partial charge on any atom is 0.134 e. The summed E-state index contributed by atoms with van der Waals surface area (Å²) in [6.45, 7) is 0. The Morgan fingerprint density at radius 2 is 1.93 bits per heavy atom. The molecule has 0 aromatic heterocycles. The summed E-state index contributed by atoms with van der Waals surface area (Å²) in [6.07, 6.45) is 3.70. The lowest BCUT2D eigenvalue weighted by molar-refractivity contribution is 0.00649. The topological polar surface area (TPSA) is 29.5 Å². The van der Waals surface area contributed by atoms with Crippen LogP contribution in [-0.4, -0.2) is 17.3 Å². The van der Waals surface area contributed by atoms with E-state index in [0.29, 0.717) is 0 Å². The van der Waals surface area contributed by atoms with Crippen molar-refractivity contribution in [3.63, 3.8) is 0 Å². The monoisotopic (exact) mass is 270 g/mol. The Morgan fingerprint density at radius 1 is 1.20 bits per heavy atom. The molecule has 1 aliphatic carbocycles. The van der Waals surface area contributed by atoms with Crippen LogP contribution in [0.5, 0.6) is 5.75 Å². The van der Waals surface area contributed by atoms with Gasteiger partial charge in [-0.1, -0.05) is 18.6 Å². The van der Waals surface area contributed by atoms with Crippen molar-refractivity contribution in [2.24, 2.45) is 0 Å². The molecule has 1 aliphatic rings. The number of hydrogen-bond donors (Lipinski definition) is 1. The smallest absolute Gasteiger partial charge is 0.134 e. The van der Waals surface area contributed by atoms with Crippen LogP contribution in [-0.2, 0) is 0 Å². The minimum absolute atomic E-state index is 0.0440. The molecule has 0 amide bonds. The molecule has 1 aromatic rings. The van der Waals surface area contributed by atoms with E-state index in [4.69, 9.17) is 4.74 Å². The first-order chi connectivity index (χ1) is 7.27. The minimum Gasteiger partial charge on any atom is -0.487 e. The summed E-state index contributed by atoms with van der Waals surface area (Å²) in [5.74, 6) is 0.823. The van der Waals surface area contributed by atoms with Gasteiger partial charge in [0.05, 0.1) is 10.6 Å². The molecular weight excluding hydrogens is 256 g/mol. The van der Waals surface area contributed by atoms with Gasteiger partial charge in [0.15, 0.2) is 0 Å². The highest BCUT2D eigenvalue weighted by atomic mass is 79.9. The van der Waals surface area contributed by atoms with Gasteiger partial charge in [0.25, 0.3) is 0 Å². The molecule has 3 heteroatoms. The molecule has 1 fully saturated rings. The molecule has 82 valence electrons. The summed E-state index contributed by atoms with van der Waals surface area (Å²) < 4.78 is 6.75. The number of rotatable bonds is 2. The van der Waals surface area contributed by atoms with E-state index in [1.807, 2.05) is 24.3 Å². The molecule has 0 radical (unpaired) electrons. The molecule has 0 spiro atoms. The Balaban J connectivity index is 2.04. The zero-order chi connectivity index (χ0) is 10.7. The fourth-order valence-electron chi connectivity index (χ4n) is 1.92. The van der Waals surface area contributed by atoms with Gasteiger partial charge in [0.2, 0.25) is 0 Å². The first kappa shape index (κ1) is 11.0. The van der Waals surface area contributed by atoms with Gasteiger partial charge >= 0.3 is 0 Å². The summed E-state index contributed by atoms with van der Waals surface area (Å²) >= 11 is 3.44. The van der Waals surface area contributed by atoms with Crippen molar-refractivity contribution in [3.8, 4) is 5.75 Å². The summed E-state index contributed by atoms with van der Waals surface area (Å²) in [5.41, 5.74) is 0. The van der Waals surface area contributed by atoms with Crippen molar-refractivity contribution < 1.29 is 9.84 Å².